The first-order chi connectivity index (χ1) is 12.3. The van der Waals surface area contributed by atoms with Crippen LogP contribution in [0.2, 0.25) is 0 Å². The molecule has 1 amide bonds. The van der Waals surface area contributed by atoms with E-state index in [0.717, 1.165) is 6.42 Å². The summed E-state index contributed by atoms with van der Waals surface area (Å²) in [5.74, 6) is 0.679. The van der Waals surface area contributed by atoms with E-state index >= 15 is 0 Å². The number of ether oxygens (including phenoxy) is 1. The standard InChI is InChI=1S/C18H23N3O4S/c1-4-13(3)20-18(22)14-6-11-17(19-12-14)25-16-9-7-15(8-10-16)21-26(23,24)5-2/h6-13,21H,4-5H2,1-3H3,(H,20,22). The number of nitrogens with zero attached hydrogens (tertiary/aromatic N) is 1. The van der Waals surface area contributed by atoms with E-state index in [1.54, 1.807) is 43.3 Å². The summed E-state index contributed by atoms with van der Waals surface area (Å²) in [7, 11) is -3.31. The number of nitrogens with one attached hydrogen (secondary N) is 2. The molecule has 0 aliphatic rings. The van der Waals surface area contributed by atoms with E-state index in [1.807, 2.05) is 13.8 Å². The highest BCUT2D eigenvalue weighted by Crippen LogP contribution is 2.22. The Morgan fingerprint density at radius 3 is 2.38 bits per heavy atom. The topological polar surface area (TPSA) is 97.4 Å². The molecule has 1 aromatic carbocycles. The van der Waals surface area contributed by atoms with Crippen molar-refractivity contribution in [2.45, 2.75) is 33.2 Å². The fraction of sp³-hybridized carbons (Fsp3) is 0.333. The second-order valence-corrected chi connectivity index (χ2v) is 7.81. The van der Waals surface area contributed by atoms with E-state index in [2.05, 4.69) is 15.0 Å². The quantitative estimate of drug-likeness (QED) is 0.736. The average molecular weight is 377 g/mol. The SMILES string of the molecule is CCC(C)NC(=O)c1ccc(Oc2ccc(NS(=O)(=O)CC)cc2)nc1. The molecule has 0 bridgehead atoms. The highest BCUT2D eigenvalue weighted by Gasteiger charge is 2.10. The molecule has 2 aromatic rings. The minimum absolute atomic E-state index is 0.00608. The van der Waals surface area contributed by atoms with Crippen molar-refractivity contribution in [3.05, 3.63) is 48.2 Å². The maximum absolute atomic E-state index is 12.0. The molecule has 1 aromatic heterocycles. The molecular weight excluding hydrogens is 354 g/mol. The minimum atomic E-state index is -3.31. The number of benzene rings is 1. The van der Waals surface area contributed by atoms with Gasteiger partial charge < -0.3 is 10.1 Å². The Bertz CT molecular complexity index is 834. The Morgan fingerprint density at radius 1 is 1.15 bits per heavy atom. The molecule has 1 unspecified atom stereocenters. The Kier molecular flexibility index (Phi) is 6.57. The van der Waals surface area contributed by atoms with Crippen LogP contribution >= 0.6 is 0 Å². The molecule has 0 saturated heterocycles. The summed E-state index contributed by atoms with van der Waals surface area (Å²) in [6.45, 7) is 5.50. The molecule has 26 heavy (non-hydrogen) atoms. The summed E-state index contributed by atoms with van der Waals surface area (Å²) in [6.07, 6.45) is 2.31. The van der Waals surface area contributed by atoms with E-state index in [1.165, 1.54) is 6.20 Å². The van der Waals surface area contributed by atoms with Crippen molar-refractivity contribution in [1.82, 2.24) is 10.3 Å². The van der Waals surface area contributed by atoms with Gasteiger partial charge in [-0.25, -0.2) is 13.4 Å². The fourth-order valence-electron chi connectivity index (χ4n) is 1.95. The first-order valence-electron chi connectivity index (χ1n) is 8.38. The van der Waals surface area contributed by atoms with Crippen LogP contribution in [0.3, 0.4) is 0 Å². The van der Waals surface area contributed by atoms with E-state index in [4.69, 9.17) is 4.74 Å². The molecular formula is C18H23N3O4S. The van der Waals surface area contributed by atoms with Gasteiger partial charge in [0.25, 0.3) is 5.91 Å². The summed E-state index contributed by atoms with van der Waals surface area (Å²) >= 11 is 0. The summed E-state index contributed by atoms with van der Waals surface area (Å²) in [6, 6.07) is 9.84. The van der Waals surface area contributed by atoms with Crippen LogP contribution in [0.4, 0.5) is 5.69 Å². The summed E-state index contributed by atoms with van der Waals surface area (Å²) in [4.78, 5) is 16.1. The number of sulfonamides is 1. The third-order valence-electron chi connectivity index (χ3n) is 3.72. The molecule has 1 heterocycles. The molecule has 0 saturated carbocycles. The van der Waals surface area contributed by atoms with Crippen molar-refractivity contribution in [3.8, 4) is 11.6 Å². The van der Waals surface area contributed by atoms with Crippen LogP contribution < -0.4 is 14.8 Å². The first kappa shape index (κ1) is 19.7. The normalized spacial score (nSPS) is 12.3. The highest BCUT2D eigenvalue weighted by atomic mass is 32.2. The van der Waals surface area contributed by atoms with Crippen LogP contribution in [0.25, 0.3) is 0 Å². The van der Waals surface area contributed by atoms with Crippen molar-refractivity contribution < 1.29 is 17.9 Å². The third-order valence-corrected chi connectivity index (χ3v) is 5.03. The lowest BCUT2D eigenvalue weighted by molar-refractivity contribution is 0.0939. The highest BCUT2D eigenvalue weighted by molar-refractivity contribution is 7.92. The van der Waals surface area contributed by atoms with Gasteiger partial charge in [-0.15, -0.1) is 0 Å². The molecule has 140 valence electrons. The van der Waals surface area contributed by atoms with E-state index < -0.39 is 10.0 Å². The lowest BCUT2D eigenvalue weighted by Crippen LogP contribution is -2.31. The smallest absolute Gasteiger partial charge is 0.253 e. The number of carbonyl (C=O) groups is 1. The average Bonchev–Trinajstić information content (AvgIpc) is 2.63. The van der Waals surface area contributed by atoms with Crippen molar-refractivity contribution in [2.24, 2.45) is 0 Å². The summed E-state index contributed by atoms with van der Waals surface area (Å²) in [5, 5.41) is 2.87. The largest absolute Gasteiger partial charge is 0.439 e. The molecule has 2 N–H and O–H groups in total. The monoisotopic (exact) mass is 377 g/mol. The molecule has 0 aliphatic heterocycles. The van der Waals surface area contributed by atoms with Crippen molar-refractivity contribution in [1.29, 1.82) is 0 Å². The van der Waals surface area contributed by atoms with Gasteiger partial charge >= 0.3 is 0 Å². The van der Waals surface area contributed by atoms with Gasteiger partial charge in [-0.3, -0.25) is 9.52 Å². The number of pyridine rings is 1. The van der Waals surface area contributed by atoms with Crippen LogP contribution in [0, 0.1) is 0 Å². The zero-order valence-electron chi connectivity index (χ0n) is 15.0. The van der Waals surface area contributed by atoms with Crippen molar-refractivity contribution in [3.63, 3.8) is 0 Å². The fourth-order valence-corrected chi connectivity index (χ4v) is 2.59. The van der Waals surface area contributed by atoms with Gasteiger partial charge in [0, 0.05) is 24.0 Å². The van der Waals surface area contributed by atoms with E-state index in [0.29, 0.717) is 22.9 Å². The Morgan fingerprint density at radius 2 is 1.85 bits per heavy atom. The first-order valence-corrected chi connectivity index (χ1v) is 10.0. The second kappa shape index (κ2) is 8.66. The molecule has 0 radical (unpaired) electrons. The van der Waals surface area contributed by atoms with Gasteiger partial charge in [-0.1, -0.05) is 6.92 Å². The number of amides is 1. The summed E-state index contributed by atoms with van der Waals surface area (Å²) < 4.78 is 31.1. The Balaban J connectivity index is 1.99. The van der Waals surface area contributed by atoms with Gasteiger partial charge in [-0.2, -0.15) is 0 Å². The van der Waals surface area contributed by atoms with Gasteiger partial charge in [-0.05, 0) is 50.6 Å². The van der Waals surface area contributed by atoms with E-state index in [9.17, 15) is 13.2 Å². The van der Waals surface area contributed by atoms with Crippen LogP contribution in [0.1, 0.15) is 37.6 Å². The maximum Gasteiger partial charge on any atom is 0.253 e. The van der Waals surface area contributed by atoms with Crippen molar-refractivity contribution >= 4 is 21.6 Å². The molecule has 7 nitrogen and oxygen atoms in total. The van der Waals surface area contributed by atoms with Crippen LogP contribution in [-0.2, 0) is 10.0 Å². The lowest BCUT2D eigenvalue weighted by atomic mass is 10.2. The van der Waals surface area contributed by atoms with Gasteiger partial charge in [0.1, 0.15) is 5.75 Å². The molecule has 0 spiro atoms. The lowest BCUT2D eigenvalue weighted by Gasteiger charge is -2.11. The summed E-state index contributed by atoms with van der Waals surface area (Å²) in [5.41, 5.74) is 0.922. The zero-order valence-corrected chi connectivity index (χ0v) is 15.8. The second-order valence-electron chi connectivity index (χ2n) is 5.80. The Hall–Kier alpha value is -2.61. The van der Waals surface area contributed by atoms with Crippen LogP contribution in [0.5, 0.6) is 11.6 Å². The van der Waals surface area contributed by atoms with Gasteiger partial charge in [0.15, 0.2) is 0 Å². The van der Waals surface area contributed by atoms with Crippen LogP contribution in [0.15, 0.2) is 42.6 Å². The van der Waals surface area contributed by atoms with Gasteiger partial charge in [0.05, 0.1) is 11.3 Å². The maximum atomic E-state index is 12.0. The number of hydrogen-bond acceptors (Lipinski definition) is 5. The van der Waals surface area contributed by atoms with Gasteiger partial charge in [0.2, 0.25) is 15.9 Å². The molecule has 0 fully saturated rings. The number of aromatic nitrogens is 1. The third kappa shape index (κ3) is 5.73. The molecule has 1 atom stereocenters. The predicted octanol–water partition coefficient (Wildman–Crippen LogP) is 3.16. The number of hydrogen-bond donors (Lipinski definition) is 2. The van der Waals surface area contributed by atoms with E-state index in [-0.39, 0.29) is 17.7 Å². The molecule has 0 aliphatic carbocycles. The Labute approximate surface area is 153 Å². The molecule has 2 rings (SSSR count). The predicted molar refractivity (Wildman–Crippen MR) is 101 cm³/mol. The number of carbonyl (C=O) groups excluding carboxylic acids is 1. The number of anilines is 1. The van der Waals surface area contributed by atoms with Crippen molar-refractivity contribution in [2.75, 3.05) is 10.5 Å². The molecule has 8 heteroatoms. The number of rotatable bonds is 8. The zero-order chi connectivity index (χ0) is 19.2. The minimum Gasteiger partial charge on any atom is -0.439 e. The van der Waals surface area contributed by atoms with Crippen LogP contribution in [-0.4, -0.2) is 31.1 Å².